The second-order valence-electron chi connectivity index (χ2n) is 6.85. The smallest absolute Gasteiger partial charge is 0.292 e. The standard InChI is InChI=1S/C20H19N5O3/c1-12-14(2-3-17-18(12)23-20(21)28-17)13-4-5-25-16(10-13)15(11-22-25)19(26)24-6-8-27-9-7-24/h2-5,10-11H,6-9H2,1H3,(H2,21,23). The molecule has 0 atom stereocenters. The molecule has 0 bridgehead atoms. The Hall–Kier alpha value is -3.39. The lowest BCUT2D eigenvalue weighted by Gasteiger charge is -2.26. The molecule has 1 aliphatic heterocycles. The summed E-state index contributed by atoms with van der Waals surface area (Å²) in [6.07, 6.45) is 3.49. The van der Waals surface area contributed by atoms with E-state index in [0.717, 1.165) is 27.7 Å². The molecule has 0 unspecified atom stereocenters. The molecular weight excluding hydrogens is 358 g/mol. The molecule has 142 valence electrons. The van der Waals surface area contributed by atoms with E-state index in [1.54, 1.807) is 10.7 Å². The zero-order chi connectivity index (χ0) is 19.3. The molecule has 1 fully saturated rings. The number of ether oxygens (including phenoxy) is 1. The SMILES string of the molecule is Cc1c(-c2ccn3ncc(C(=O)N4CCOCC4)c3c2)ccc2oc(N)nc12. The van der Waals surface area contributed by atoms with Crippen molar-refractivity contribution in [3.05, 3.63) is 47.8 Å². The first-order valence-corrected chi connectivity index (χ1v) is 9.12. The number of benzene rings is 1. The molecule has 0 radical (unpaired) electrons. The lowest BCUT2D eigenvalue weighted by atomic mass is 9.99. The van der Waals surface area contributed by atoms with Crippen molar-refractivity contribution >= 4 is 28.5 Å². The number of hydrogen-bond acceptors (Lipinski definition) is 6. The molecule has 1 saturated heterocycles. The van der Waals surface area contributed by atoms with Crippen molar-refractivity contribution in [2.75, 3.05) is 32.0 Å². The molecule has 8 nitrogen and oxygen atoms in total. The fourth-order valence-electron chi connectivity index (χ4n) is 3.70. The summed E-state index contributed by atoms with van der Waals surface area (Å²) < 4.78 is 12.5. The summed E-state index contributed by atoms with van der Waals surface area (Å²) in [5.41, 5.74) is 11.4. The fraction of sp³-hybridized carbons (Fsp3) is 0.250. The van der Waals surface area contributed by atoms with Gasteiger partial charge in [-0.25, -0.2) is 4.52 Å². The molecule has 0 saturated carbocycles. The second-order valence-corrected chi connectivity index (χ2v) is 6.85. The van der Waals surface area contributed by atoms with E-state index < -0.39 is 0 Å². The van der Waals surface area contributed by atoms with E-state index in [0.29, 0.717) is 37.4 Å². The number of aromatic nitrogens is 3. The minimum absolute atomic E-state index is 0.0214. The van der Waals surface area contributed by atoms with Crippen LogP contribution < -0.4 is 5.73 Å². The number of pyridine rings is 1. The van der Waals surface area contributed by atoms with E-state index in [2.05, 4.69) is 10.1 Å². The predicted octanol–water partition coefficient (Wildman–Crippen LogP) is 2.51. The maximum atomic E-state index is 12.9. The number of rotatable bonds is 2. The number of fused-ring (bicyclic) bond motifs is 2. The molecule has 3 aromatic heterocycles. The average molecular weight is 377 g/mol. The van der Waals surface area contributed by atoms with Crippen molar-refractivity contribution in [1.82, 2.24) is 19.5 Å². The molecule has 8 heteroatoms. The first-order chi connectivity index (χ1) is 13.6. The Labute approximate surface area is 160 Å². The van der Waals surface area contributed by atoms with Gasteiger partial charge < -0.3 is 19.8 Å². The van der Waals surface area contributed by atoms with Crippen LogP contribution in [-0.2, 0) is 4.74 Å². The summed E-state index contributed by atoms with van der Waals surface area (Å²) in [7, 11) is 0. The van der Waals surface area contributed by atoms with Crippen molar-refractivity contribution in [1.29, 1.82) is 0 Å². The van der Waals surface area contributed by atoms with Crippen LogP contribution in [0.2, 0.25) is 0 Å². The minimum Gasteiger partial charge on any atom is -0.424 e. The Bertz CT molecular complexity index is 1200. The van der Waals surface area contributed by atoms with Crippen LogP contribution in [0.25, 0.3) is 27.7 Å². The van der Waals surface area contributed by atoms with Crippen LogP contribution >= 0.6 is 0 Å². The normalized spacial score (nSPS) is 14.8. The number of carbonyl (C=O) groups excluding carboxylic acids is 1. The second kappa shape index (κ2) is 6.35. The highest BCUT2D eigenvalue weighted by atomic mass is 16.5. The lowest BCUT2D eigenvalue weighted by Crippen LogP contribution is -2.40. The minimum atomic E-state index is -0.0214. The van der Waals surface area contributed by atoms with Gasteiger partial charge in [0.1, 0.15) is 5.52 Å². The Balaban J connectivity index is 1.60. The van der Waals surface area contributed by atoms with Crippen LogP contribution in [-0.4, -0.2) is 51.7 Å². The molecule has 4 heterocycles. The highest BCUT2D eigenvalue weighted by Crippen LogP contribution is 2.31. The van der Waals surface area contributed by atoms with E-state index in [-0.39, 0.29) is 11.9 Å². The Morgan fingerprint density at radius 2 is 2.04 bits per heavy atom. The maximum absolute atomic E-state index is 12.9. The summed E-state index contributed by atoms with van der Waals surface area (Å²) in [6, 6.07) is 7.95. The highest BCUT2D eigenvalue weighted by molar-refractivity contribution is 6.01. The fourth-order valence-corrected chi connectivity index (χ4v) is 3.70. The molecule has 1 aromatic carbocycles. The molecule has 1 amide bonds. The summed E-state index contributed by atoms with van der Waals surface area (Å²) in [5, 5.41) is 4.34. The van der Waals surface area contributed by atoms with Gasteiger partial charge in [-0.15, -0.1) is 0 Å². The first-order valence-electron chi connectivity index (χ1n) is 9.12. The summed E-state index contributed by atoms with van der Waals surface area (Å²) >= 11 is 0. The summed E-state index contributed by atoms with van der Waals surface area (Å²) in [5.74, 6) is -0.0214. The number of carbonyl (C=O) groups is 1. The third-order valence-corrected chi connectivity index (χ3v) is 5.19. The number of nitrogens with two attached hydrogens (primary N) is 1. The quantitative estimate of drug-likeness (QED) is 0.576. The van der Waals surface area contributed by atoms with Crippen LogP contribution in [0.5, 0.6) is 0 Å². The van der Waals surface area contributed by atoms with Gasteiger partial charge in [0, 0.05) is 19.3 Å². The van der Waals surface area contributed by atoms with Gasteiger partial charge in [-0.1, -0.05) is 6.07 Å². The third kappa shape index (κ3) is 2.61. The van der Waals surface area contributed by atoms with E-state index in [9.17, 15) is 4.79 Å². The lowest BCUT2D eigenvalue weighted by molar-refractivity contribution is 0.0304. The number of anilines is 1. The highest BCUT2D eigenvalue weighted by Gasteiger charge is 2.22. The number of hydrogen-bond donors (Lipinski definition) is 1. The molecular formula is C20H19N5O3. The van der Waals surface area contributed by atoms with Gasteiger partial charge in [-0.2, -0.15) is 10.1 Å². The Morgan fingerprint density at radius 3 is 2.86 bits per heavy atom. The number of nitrogen functional groups attached to an aromatic ring is 1. The zero-order valence-electron chi connectivity index (χ0n) is 15.4. The number of aryl methyl sites for hydroxylation is 1. The number of oxazole rings is 1. The van der Waals surface area contributed by atoms with Crippen LogP contribution in [0.3, 0.4) is 0 Å². The summed E-state index contributed by atoms with van der Waals surface area (Å²) in [6.45, 7) is 4.31. The van der Waals surface area contributed by atoms with E-state index in [1.807, 2.05) is 42.3 Å². The zero-order valence-corrected chi connectivity index (χ0v) is 15.4. The monoisotopic (exact) mass is 377 g/mol. The van der Waals surface area contributed by atoms with Crippen LogP contribution in [0.1, 0.15) is 15.9 Å². The molecule has 5 rings (SSSR count). The van der Waals surface area contributed by atoms with Gasteiger partial charge in [-0.3, -0.25) is 4.79 Å². The molecule has 1 aliphatic rings. The van der Waals surface area contributed by atoms with Gasteiger partial charge in [0.15, 0.2) is 5.58 Å². The average Bonchev–Trinajstić information content (AvgIpc) is 3.31. The van der Waals surface area contributed by atoms with E-state index in [4.69, 9.17) is 14.9 Å². The van der Waals surface area contributed by atoms with Crippen molar-refractivity contribution in [3.63, 3.8) is 0 Å². The van der Waals surface area contributed by atoms with Crippen molar-refractivity contribution < 1.29 is 13.9 Å². The largest absolute Gasteiger partial charge is 0.424 e. The first kappa shape index (κ1) is 16.8. The van der Waals surface area contributed by atoms with Crippen molar-refractivity contribution in [2.45, 2.75) is 6.92 Å². The Morgan fingerprint density at radius 1 is 1.21 bits per heavy atom. The molecule has 0 aliphatic carbocycles. The van der Waals surface area contributed by atoms with Gasteiger partial charge in [0.25, 0.3) is 11.9 Å². The van der Waals surface area contributed by atoms with E-state index >= 15 is 0 Å². The van der Waals surface area contributed by atoms with Crippen LogP contribution in [0.4, 0.5) is 6.01 Å². The van der Waals surface area contributed by atoms with Gasteiger partial charge in [0.05, 0.1) is 30.5 Å². The third-order valence-electron chi connectivity index (χ3n) is 5.19. The molecule has 4 aromatic rings. The molecule has 0 spiro atoms. The van der Waals surface area contributed by atoms with Gasteiger partial charge in [0.2, 0.25) is 0 Å². The van der Waals surface area contributed by atoms with Crippen molar-refractivity contribution in [3.8, 4) is 11.1 Å². The topological polar surface area (TPSA) is 98.9 Å². The number of nitrogens with zero attached hydrogens (tertiary/aromatic N) is 4. The van der Waals surface area contributed by atoms with Crippen LogP contribution in [0.15, 0.2) is 41.1 Å². The number of amides is 1. The number of morpholine rings is 1. The van der Waals surface area contributed by atoms with Gasteiger partial charge in [-0.05, 0) is 41.8 Å². The van der Waals surface area contributed by atoms with Gasteiger partial charge >= 0.3 is 0 Å². The summed E-state index contributed by atoms with van der Waals surface area (Å²) in [4.78, 5) is 19.0. The predicted molar refractivity (Wildman–Crippen MR) is 104 cm³/mol. The van der Waals surface area contributed by atoms with E-state index in [1.165, 1.54) is 0 Å². The molecule has 2 N–H and O–H groups in total. The maximum Gasteiger partial charge on any atom is 0.292 e. The van der Waals surface area contributed by atoms with Crippen molar-refractivity contribution in [2.24, 2.45) is 0 Å². The molecule has 28 heavy (non-hydrogen) atoms. The Kier molecular flexibility index (Phi) is 3.80. The van der Waals surface area contributed by atoms with Crippen LogP contribution in [0, 0.1) is 6.92 Å².